The number of hydrogen-bond acceptors (Lipinski definition) is 3. The fraction of sp³-hybridized carbons (Fsp3) is 0.125. The fourth-order valence-electron chi connectivity index (χ4n) is 2.16. The van der Waals surface area contributed by atoms with E-state index in [0.29, 0.717) is 23.5 Å². The molecule has 112 valence electrons. The van der Waals surface area contributed by atoms with Crippen LogP contribution in [0, 0.1) is 0 Å². The molecule has 2 amide bonds. The summed E-state index contributed by atoms with van der Waals surface area (Å²) >= 11 is 4.89. The van der Waals surface area contributed by atoms with Crippen molar-refractivity contribution in [1.29, 1.82) is 0 Å². The van der Waals surface area contributed by atoms with Crippen LogP contribution in [-0.4, -0.2) is 17.6 Å². The molecule has 22 heavy (non-hydrogen) atoms. The van der Waals surface area contributed by atoms with Crippen LogP contribution in [0.4, 0.5) is 5.69 Å². The molecule has 4 nitrogen and oxygen atoms in total. The van der Waals surface area contributed by atoms with Crippen molar-refractivity contribution >= 4 is 45.2 Å². The minimum atomic E-state index is -0.160. The van der Waals surface area contributed by atoms with Crippen LogP contribution in [-0.2, 0) is 11.3 Å². The van der Waals surface area contributed by atoms with E-state index in [1.165, 1.54) is 11.8 Å². The Balaban J connectivity index is 1.70. The van der Waals surface area contributed by atoms with Gasteiger partial charge in [0.2, 0.25) is 5.91 Å². The number of amides is 2. The Hall–Kier alpha value is -1.79. The second-order valence-corrected chi connectivity index (χ2v) is 6.79. The number of fused-ring (bicyclic) bond motifs is 1. The first kappa shape index (κ1) is 15.1. The van der Waals surface area contributed by atoms with Crippen LogP contribution in [0.3, 0.4) is 0 Å². The number of thioether (sulfide) groups is 1. The molecule has 0 atom stereocenters. The average molecular weight is 377 g/mol. The van der Waals surface area contributed by atoms with Crippen molar-refractivity contribution in [2.75, 3.05) is 11.1 Å². The molecule has 0 unspecified atom stereocenters. The van der Waals surface area contributed by atoms with Gasteiger partial charge in [0.25, 0.3) is 5.91 Å². The highest BCUT2D eigenvalue weighted by Crippen LogP contribution is 2.31. The van der Waals surface area contributed by atoms with Gasteiger partial charge in [0.1, 0.15) is 0 Å². The van der Waals surface area contributed by atoms with Crippen LogP contribution >= 0.6 is 27.7 Å². The summed E-state index contributed by atoms with van der Waals surface area (Å²) in [4.78, 5) is 24.6. The zero-order valence-electron chi connectivity index (χ0n) is 11.6. The van der Waals surface area contributed by atoms with Gasteiger partial charge in [-0.25, -0.2) is 0 Å². The molecule has 3 rings (SSSR count). The molecule has 1 aliphatic heterocycles. The van der Waals surface area contributed by atoms with Gasteiger partial charge in [0, 0.05) is 21.5 Å². The van der Waals surface area contributed by atoms with Crippen molar-refractivity contribution < 1.29 is 9.59 Å². The second-order valence-electron chi connectivity index (χ2n) is 4.86. The SMILES string of the molecule is O=C1CSc2ccc(C(=O)NCc3cccc(Br)c3)cc2N1. The van der Waals surface area contributed by atoms with E-state index in [4.69, 9.17) is 0 Å². The molecule has 0 saturated carbocycles. The second kappa shape index (κ2) is 6.54. The standard InChI is InChI=1S/C16H13BrN2O2S/c17-12-3-1-2-10(6-12)8-18-16(21)11-4-5-14-13(7-11)19-15(20)9-22-14/h1-7H,8-9H2,(H,18,21)(H,19,20). The number of rotatable bonds is 3. The summed E-state index contributed by atoms with van der Waals surface area (Å²) in [6.07, 6.45) is 0. The number of benzene rings is 2. The van der Waals surface area contributed by atoms with Crippen LogP contribution in [0.25, 0.3) is 0 Å². The Morgan fingerprint density at radius 1 is 1.27 bits per heavy atom. The molecular weight excluding hydrogens is 364 g/mol. The summed E-state index contributed by atoms with van der Waals surface area (Å²) in [7, 11) is 0. The zero-order chi connectivity index (χ0) is 15.5. The Morgan fingerprint density at radius 3 is 2.95 bits per heavy atom. The lowest BCUT2D eigenvalue weighted by Gasteiger charge is -2.17. The number of carbonyl (C=O) groups is 2. The van der Waals surface area contributed by atoms with Gasteiger partial charge in [-0.15, -0.1) is 11.8 Å². The summed E-state index contributed by atoms with van der Waals surface area (Å²) in [6, 6.07) is 13.1. The summed E-state index contributed by atoms with van der Waals surface area (Å²) in [5.41, 5.74) is 2.26. The third-order valence-electron chi connectivity index (χ3n) is 3.22. The van der Waals surface area contributed by atoms with Crippen LogP contribution in [0.2, 0.25) is 0 Å². The number of anilines is 1. The van der Waals surface area contributed by atoms with Gasteiger partial charge in [0.15, 0.2) is 0 Å². The van der Waals surface area contributed by atoms with Crippen molar-refractivity contribution in [3.8, 4) is 0 Å². The highest BCUT2D eigenvalue weighted by molar-refractivity contribution is 9.10. The van der Waals surface area contributed by atoms with Crippen LogP contribution in [0.1, 0.15) is 15.9 Å². The molecule has 2 aromatic rings. The minimum absolute atomic E-state index is 0.0378. The van der Waals surface area contributed by atoms with Gasteiger partial charge in [-0.1, -0.05) is 28.1 Å². The van der Waals surface area contributed by atoms with Crippen molar-refractivity contribution in [3.63, 3.8) is 0 Å². The molecule has 0 aromatic heterocycles. The lowest BCUT2D eigenvalue weighted by atomic mass is 10.1. The van der Waals surface area contributed by atoms with Crippen LogP contribution in [0.5, 0.6) is 0 Å². The number of nitrogens with one attached hydrogen (secondary N) is 2. The van der Waals surface area contributed by atoms with Crippen molar-refractivity contribution in [1.82, 2.24) is 5.32 Å². The molecule has 0 saturated heterocycles. The van der Waals surface area contributed by atoms with Crippen molar-refractivity contribution in [3.05, 3.63) is 58.1 Å². The molecule has 2 N–H and O–H groups in total. The highest BCUT2D eigenvalue weighted by Gasteiger charge is 2.17. The molecule has 0 aliphatic carbocycles. The van der Waals surface area contributed by atoms with Gasteiger partial charge >= 0.3 is 0 Å². The van der Waals surface area contributed by atoms with E-state index in [0.717, 1.165) is 14.9 Å². The lowest BCUT2D eigenvalue weighted by molar-refractivity contribution is -0.113. The topological polar surface area (TPSA) is 58.2 Å². The minimum Gasteiger partial charge on any atom is -0.348 e. The molecule has 2 aromatic carbocycles. The smallest absolute Gasteiger partial charge is 0.251 e. The number of carbonyl (C=O) groups excluding carboxylic acids is 2. The summed E-state index contributed by atoms with van der Waals surface area (Å²) < 4.78 is 0.979. The van der Waals surface area contributed by atoms with Crippen LogP contribution < -0.4 is 10.6 Å². The highest BCUT2D eigenvalue weighted by atomic mass is 79.9. The maximum Gasteiger partial charge on any atom is 0.251 e. The monoisotopic (exact) mass is 376 g/mol. The van der Waals surface area contributed by atoms with Gasteiger partial charge in [-0.3, -0.25) is 9.59 Å². The van der Waals surface area contributed by atoms with E-state index in [1.54, 1.807) is 12.1 Å². The van der Waals surface area contributed by atoms with Gasteiger partial charge in [-0.2, -0.15) is 0 Å². The van der Waals surface area contributed by atoms with Gasteiger partial charge < -0.3 is 10.6 Å². The van der Waals surface area contributed by atoms with E-state index in [-0.39, 0.29) is 11.8 Å². The molecule has 1 aliphatic rings. The van der Waals surface area contributed by atoms with Gasteiger partial charge in [0.05, 0.1) is 11.4 Å². The van der Waals surface area contributed by atoms with E-state index in [9.17, 15) is 9.59 Å². The molecular formula is C16H13BrN2O2S. The Kier molecular flexibility index (Phi) is 4.49. The first-order valence-electron chi connectivity index (χ1n) is 6.71. The average Bonchev–Trinajstić information content (AvgIpc) is 2.52. The molecule has 6 heteroatoms. The lowest BCUT2D eigenvalue weighted by Crippen LogP contribution is -2.24. The maximum atomic E-state index is 12.2. The Morgan fingerprint density at radius 2 is 2.14 bits per heavy atom. The van der Waals surface area contributed by atoms with E-state index in [2.05, 4.69) is 26.6 Å². The van der Waals surface area contributed by atoms with Crippen LogP contribution in [0.15, 0.2) is 51.8 Å². The molecule has 0 bridgehead atoms. The quantitative estimate of drug-likeness (QED) is 0.862. The largest absolute Gasteiger partial charge is 0.348 e. The van der Waals surface area contributed by atoms with E-state index < -0.39 is 0 Å². The molecule has 0 fully saturated rings. The van der Waals surface area contributed by atoms with Crippen molar-refractivity contribution in [2.45, 2.75) is 11.4 Å². The Labute approximate surface area is 140 Å². The predicted molar refractivity (Wildman–Crippen MR) is 91.1 cm³/mol. The van der Waals surface area contributed by atoms with E-state index >= 15 is 0 Å². The zero-order valence-corrected chi connectivity index (χ0v) is 14.0. The Bertz CT molecular complexity index is 749. The fourth-order valence-corrected chi connectivity index (χ4v) is 3.39. The third-order valence-corrected chi connectivity index (χ3v) is 4.78. The first-order valence-corrected chi connectivity index (χ1v) is 8.49. The van der Waals surface area contributed by atoms with E-state index in [1.807, 2.05) is 30.3 Å². The molecule has 0 radical (unpaired) electrons. The van der Waals surface area contributed by atoms with Crippen molar-refractivity contribution in [2.24, 2.45) is 0 Å². The summed E-state index contributed by atoms with van der Waals surface area (Å²) in [6.45, 7) is 0.455. The third kappa shape index (κ3) is 3.51. The molecule has 1 heterocycles. The maximum absolute atomic E-state index is 12.2. The van der Waals surface area contributed by atoms with Gasteiger partial charge in [-0.05, 0) is 35.9 Å². The summed E-state index contributed by atoms with van der Waals surface area (Å²) in [5.74, 6) is 0.221. The molecule has 0 spiro atoms. The number of halogens is 1. The predicted octanol–water partition coefficient (Wildman–Crippen LogP) is 3.42. The normalized spacial score (nSPS) is 13.2. The number of hydrogen-bond donors (Lipinski definition) is 2. The summed E-state index contributed by atoms with van der Waals surface area (Å²) in [5, 5.41) is 5.67. The first-order chi connectivity index (χ1) is 10.6.